The molecule has 0 aliphatic heterocycles. The van der Waals surface area contributed by atoms with Gasteiger partial charge < -0.3 is 15.8 Å². The number of carbonyl (C=O) groups excluding carboxylic acids is 1. The topological polar surface area (TPSA) is 82.2 Å². The van der Waals surface area contributed by atoms with Crippen LogP contribution in [0.5, 0.6) is 5.75 Å². The molecule has 0 fully saturated rings. The lowest BCUT2D eigenvalue weighted by atomic mass is 10.2. The maximum Gasteiger partial charge on any atom is 0.276 e. The Morgan fingerprint density at radius 2 is 2.21 bits per heavy atom. The van der Waals surface area contributed by atoms with Crippen LogP contribution in [0.2, 0.25) is 0 Å². The van der Waals surface area contributed by atoms with Crippen molar-refractivity contribution in [3.05, 3.63) is 36.2 Å². The number of aromatic nitrogens is 2. The number of nitrogens with one attached hydrogen (secondary N) is 1. The highest BCUT2D eigenvalue weighted by atomic mass is 16.5. The molecule has 19 heavy (non-hydrogen) atoms. The van der Waals surface area contributed by atoms with E-state index in [9.17, 15) is 4.79 Å². The predicted octanol–water partition coefficient (Wildman–Crippen LogP) is 1.75. The Morgan fingerprint density at radius 3 is 2.89 bits per heavy atom. The second kappa shape index (κ2) is 5.43. The van der Waals surface area contributed by atoms with E-state index in [1.807, 2.05) is 19.1 Å². The first-order valence-corrected chi connectivity index (χ1v) is 5.93. The third-order valence-corrected chi connectivity index (χ3v) is 2.74. The van der Waals surface area contributed by atoms with Crippen molar-refractivity contribution in [2.45, 2.75) is 13.5 Å². The number of carbonyl (C=O) groups is 1. The van der Waals surface area contributed by atoms with Crippen molar-refractivity contribution in [2.75, 3.05) is 18.2 Å². The fraction of sp³-hybridized carbons (Fsp3) is 0.231. The molecule has 3 N–H and O–H groups in total. The molecule has 1 amide bonds. The summed E-state index contributed by atoms with van der Waals surface area (Å²) in [7, 11) is 1.55. The van der Waals surface area contributed by atoms with Gasteiger partial charge in [0.2, 0.25) is 0 Å². The molecule has 0 radical (unpaired) electrons. The van der Waals surface area contributed by atoms with Gasteiger partial charge in [0, 0.05) is 6.54 Å². The van der Waals surface area contributed by atoms with Crippen LogP contribution < -0.4 is 15.8 Å². The Bertz CT molecular complexity index is 592. The van der Waals surface area contributed by atoms with Crippen LogP contribution in [-0.4, -0.2) is 22.8 Å². The van der Waals surface area contributed by atoms with Crippen molar-refractivity contribution < 1.29 is 9.53 Å². The van der Waals surface area contributed by atoms with Crippen molar-refractivity contribution in [2.24, 2.45) is 0 Å². The lowest BCUT2D eigenvalue weighted by Crippen LogP contribution is -2.19. The Hall–Kier alpha value is -2.50. The van der Waals surface area contributed by atoms with E-state index in [0.29, 0.717) is 29.4 Å². The van der Waals surface area contributed by atoms with Crippen molar-refractivity contribution in [1.29, 1.82) is 0 Å². The fourth-order valence-corrected chi connectivity index (χ4v) is 1.82. The summed E-state index contributed by atoms with van der Waals surface area (Å²) in [6.45, 7) is 2.47. The molecule has 0 bridgehead atoms. The number of aryl methyl sites for hydroxylation is 1. The van der Waals surface area contributed by atoms with E-state index in [0.717, 1.165) is 0 Å². The molecule has 0 aliphatic rings. The molecule has 0 spiro atoms. The van der Waals surface area contributed by atoms with Crippen LogP contribution in [0.25, 0.3) is 0 Å². The van der Waals surface area contributed by atoms with Crippen molar-refractivity contribution in [1.82, 2.24) is 9.78 Å². The zero-order valence-corrected chi connectivity index (χ0v) is 10.9. The molecular weight excluding hydrogens is 244 g/mol. The molecular formula is C13H16N4O2. The second-order valence-electron chi connectivity index (χ2n) is 3.92. The number of benzene rings is 1. The minimum atomic E-state index is -0.304. The smallest absolute Gasteiger partial charge is 0.276 e. The average Bonchev–Trinajstić information content (AvgIpc) is 2.80. The zero-order chi connectivity index (χ0) is 13.8. The summed E-state index contributed by atoms with van der Waals surface area (Å²) in [6, 6.07) is 7.19. The number of rotatable bonds is 4. The minimum Gasteiger partial charge on any atom is -0.495 e. The van der Waals surface area contributed by atoms with Crippen LogP contribution in [0.1, 0.15) is 17.4 Å². The van der Waals surface area contributed by atoms with E-state index < -0.39 is 0 Å². The monoisotopic (exact) mass is 260 g/mol. The quantitative estimate of drug-likeness (QED) is 0.877. The molecule has 6 nitrogen and oxygen atoms in total. The lowest BCUT2D eigenvalue weighted by Gasteiger charge is -2.10. The SMILES string of the molecule is CCn1ncc(N)c1C(=O)Nc1ccccc1OC. The number of para-hydroxylation sites is 2. The number of nitrogens with two attached hydrogens (primary N) is 1. The highest BCUT2D eigenvalue weighted by Gasteiger charge is 2.17. The van der Waals surface area contributed by atoms with Gasteiger partial charge in [0.1, 0.15) is 11.4 Å². The Labute approximate surface area is 111 Å². The maximum atomic E-state index is 12.2. The lowest BCUT2D eigenvalue weighted by molar-refractivity contribution is 0.101. The summed E-state index contributed by atoms with van der Waals surface area (Å²) in [5.41, 5.74) is 7.07. The Morgan fingerprint density at radius 1 is 1.47 bits per heavy atom. The van der Waals surface area contributed by atoms with Gasteiger partial charge in [-0.25, -0.2) is 0 Å². The number of amides is 1. The van der Waals surface area contributed by atoms with Crippen LogP contribution in [-0.2, 0) is 6.54 Å². The largest absolute Gasteiger partial charge is 0.495 e. The Kier molecular flexibility index (Phi) is 3.70. The third kappa shape index (κ3) is 2.52. The van der Waals surface area contributed by atoms with E-state index in [1.165, 1.54) is 6.20 Å². The number of hydrogen-bond donors (Lipinski definition) is 2. The van der Waals surface area contributed by atoms with Gasteiger partial charge in [0.25, 0.3) is 5.91 Å². The highest BCUT2D eigenvalue weighted by Crippen LogP contribution is 2.24. The number of methoxy groups -OCH3 is 1. The molecule has 6 heteroatoms. The van der Waals surface area contributed by atoms with Crippen LogP contribution in [0.3, 0.4) is 0 Å². The molecule has 1 aromatic carbocycles. The number of ether oxygens (including phenoxy) is 1. The molecule has 0 saturated carbocycles. The third-order valence-electron chi connectivity index (χ3n) is 2.74. The van der Waals surface area contributed by atoms with Gasteiger partial charge in [-0.05, 0) is 19.1 Å². The van der Waals surface area contributed by atoms with Crippen molar-refractivity contribution >= 4 is 17.3 Å². The Balaban J connectivity index is 2.28. The van der Waals surface area contributed by atoms with E-state index in [-0.39, 0.29) is 5.91 Å². The van der Waals surface area contributed by atoms with E-state index in [1.54, 1.807) is 23.9 Å². The maximum absolute atomic E-state index is 12.2. The molecule has 0 unspecified atom stereocenters. The number of nitrogens with zero attached hydrogens (tertiary/aromatic N) is 2. The average molecular weight is 260 g/mol. The first-order valence-electron chi connectivity index (χ1n) is 5.93. The van der Waals surface area contributed by atoms with Crippen LogP contribution in [0, 0.1) is 0 Å². The standard InChI is InChI=1S/C13H16N4O2/c1-3-17-12(9(14)8-15-17)13(18)16-10-6-4-5-7-11(10)19-2/h4-8H,3,14H2,1-2H3,(H,16,18). The number of hydrogen-bond acceptors (Lipinski definition) is 4. The number of anilines is 2. The van der Waals surface area contributed by atoms with Crippen LogP contribution in [0.15, 0.2) is 30.5 Å². The zero-order valence-electron chi connectivity index (χ0n) is 10.9. The molecule has 2 aromatic rings. The summed E-state index contributed by atoms with van der Waals surface area (Å²) in [4.78, 5) is 12.2. The van der Waals surface area contributed by atoms with Gasteiger partial charge in [0.05, 0.1) is 24.7 Å². The van der Waals surface area contributed by atoms with Gasteiger partial charge in [-0.15, -0.1) is 0 Å². The van der Waals surface area contributed by atoms with Crippen LogP contribution in [0.4, 0.5) is 11.4 Å². The van der Waals surface area contributed by atoms with Gasteiger partial charge in [-0.2, -0.15) is 5.10 Å². The summed E-state index contributed by atoms with van der Waals surface area (Å²) in [5.74, 6) is 0.290. The first kappa shape index (κ1) is 12.9. The molecule has 1 heterocycles. The van der Waals surface area contributed by atoms with Crippen LogP contribution >= 0.6 is 0 Å². The summed E-state index contributed by atoms with van der Waals surface area (Å²) in [6.07, 6.45) is 1.47. The van der Waals surface area contributed by atoms with Crippen molar-refractivity contribution in [3.63, 3.8) is 0 Å². The van der Waals surface area contributed by atoms with Gasteiger partial charge >= 0.3 is 0 Å². The predicted molar refractivity (Wildman–Crippen MR) is 73.3 cm³/mol. The molecule has 1 aromatic heterocycles. The molecule has 2 rings (SSSR count). The molecule has 0 aliphatic carbocycles. The molecule has 100 valence electrons. The van der Waals surface area contributed by atoms with E-state index in [4.69, 9.17) is 10.5 Å². The van der Waals surface area contributed by atoms with Gasteiger partial charge in [-0.1, -0.05) is 12.1 Å². The van der Waals surface area contributed by atoms with Crippen molar-refractivity contribution in [3.8, 4) is 5.75 Å². The normalized spacial score (nSPS) is 10.2. The molecule has 0 atom stereocenters. The minimum absolute atomic E-state index is 0.304. The fourth-order valence-electron chi connectivity index (χ4n) is 1.82. The number of nitrogen functional groups attached to an aromatic ring is 1. The summed E-state index contributed by atoms with van der Waals surface area (Å²) < 4.78 is 6.74. The van der Waals surface area contributed by atoms with E-state index >= 15 is 0 Å². The summed E-state index contributed by atoms with van der Waals surface area (Å²) in [5, 5.41) is 6.81. The van der Waals surface area contributed by atoms with Gasteiger partial charge in [0.15, 0.2) is 0 Å². The second-order valence-corrected chi connectivity index (χ2v) is 3.92. The van der Waals surface area contributed by atoms with Gasteiger partial charge in [-0.3, -0.25) is 9.48 Å². The highest BCUT2D eigenvalue weighted by molar-refractivity contribution is 6.07. The van der Waals surface area contributed by atoms with E-state index in [2.05, 4.69) is 10.4 Å². The summed E-state index contributed by atoms with van der Waals surface area (Å²) >= 11 is 0. The first-order chi connectivity index (χ1) is 9.17. The molecule has 0 saturated heterocycles.